The van der Waals surface area contributed by atoms with Gasteiger partial charge in [0.2, 0.25) is 0 Å². The lowest BCUT2D eigenvalue weighted by molar-refractivity contribution is -0.152. The molecule has 4 aromatic rings. The summed E-state index contributed by atoms with van der Waals surface area (Å²) in [7, 11) is 1.60. The predicted molar refractivity (Wildman–Crippen MR) is 148 cm³/mol. The van der Waals surface area contributed by atoms with Crippen LogP contribution < -0.4 is 4.74 Å². The van der Waals surface area contributed by atoms with Gasteiger partial charge in [-0.3, -0.25) is 9.59 Å². The molecule has 1 unspecified atom stereocenters. The van der Waals surface area contributed by atoms with Gasteiger partial charge < -0.3 is 9.47 Å². The van der Waals surface area contributed by atoms with Crippen LogP contribution in [0, 0.1) is 5.92 Å². The summed E-state index contributed by atoms with van der Waals surface area (Å²) in [5.41, 5.74) is 6.29. The number of carbonyl (C=O) groups is 2. The average molecular weight is 491 g/mol. The molecule has 0 heterocycles. The van der Waals surface area contributed by atoms with Gasteiger partial charge in [0, 0.05) is 0 Å². The van der Waals surface area contributed by atoms with Crippen molar-refractivity contribution in [3.63, 3.8) is 0 Å². The molecule has 4 rings (SSSR count). The van der Waals surface area contributed by atoms with E-state index in [-0.39, 0.29) is 12.4 Å². The summed E-state index contributed by atoms with van der Waals surface area (Å²) in [6.45, 7) is 1.54. The second kappa shape index (κ2) is 12.5. The van der Waals surface area contributed by atoms with E-state index in [1.807, 2.05) is 72.8 Å². The van der Waals surface area contributed by atoms with Gasteiger partial charge in [-0.2, -0.15) is 0 Å². The lowest BCUT2D eigenvalue weighted by Gasteiger charge is -2.14. The van der Waals surface area contributed by atoms with Crippen molar-refractivity contribution in [2.24, 2.45) is 5.92 Å². The molecular formula is C33H30O4. The predicted octanol–water partition coefficient (Wildman–Crippen LogP) is 7.02. The molecule has 0 saturated heterocycles. The molecular weight excluding hydrogens is 460 g/mol. The molecule has 37 heavy (non-hydrogen) atoms. The molecule has 1 atom stereocenters. The van der Waals surface area contributed by atoms with Crippen molar-refractivity contribution >= 4 is 23.9 Å². The van der Waals surface area contributed by atoms with Crippen LogP contribution in [0.2, 0.25) is 0 Å². The second-order valence-electron chi connectivity index (χ2n) is 8.89. The molecule has 4 nitrogen and oxygen atoms in total. The van der Waals surface area contributed by atoms with Crippen molar-refractivity contribution in [3.05, 3.63) is 125 Å². The molecule has 0 spiro atoms. The molecule has 0 fully saturated rings. The third-order valence-electron chi connectivity index (χ3n) is 6.22. The van der Waals surface area contributed by atoms with Crippen LogP contribution in [0.3, 0.4) is 0 Å². The molecule has 0 N–H and O–H groups in total. The first kappa shape index (κ1) is 25.6. The highest BCUT2D eigenvalue weighted by Gasteiger charge is 2.25. The summed E-state index contributed by atoms with van der Waals surface area (Å²) < 4.78 is 10.6. The summed E-state index contributed by atoms with van der Waals surface area (Å²) in [5, 5.41) is 0. The zero-order chi connectivity index (χ0) is 26.0. The Balaban J connectivity index is 1.31. The maximum Gasteiger partial charge on any atom is 0.317 e. The molecule has 0 aliphatic carbocycles. The minimum atomic E-state index is -0.830. The number of methoxy groups -OCH3 is 1. The molecule has 0 radical (unpaired) electrons. The number of rotatable bonds is 10. The van der Waals surface area contributed by atoms with Crippen molar-refractivity contribution in [3.8, 4) is 16.9 Å². The number of benzene rings is 4. The fraction of sp³-hybridized carbons (Fsp3) is 0.152. The Hall–Kier alpha value is -4.44. The van der Waals surface area contributed by atoms with Crippen LogP contribution in [0.15, 0.2) is 103 Å². The fourth-order valence-electron chi connectivity index (χ4n) is 3.98. The molecule has 0 saturated carbocycles. The summed E-state index contributed by atoms with van der Waals surface area (Å²) in [6, 6.07) is 33.9. The van der Waals surface area contributed by atoms with Crippen LogP contribution in [0.5, 0.6) is 5.75 Å². The molecule has 0 aliphatic heterocycles. The molecule has 0 bridgehead atoms. The van der Waals surface area contributed by atoms with Crippen LogP contribution >= 0.6 is 0 Å². The SMILES string of the molecule is COc1ccc(CC(C(C)=O)C(=O)OCc2ccc(/C=C/c3ccc(-c4ccccc4)cc3)cc2)cc1. The highest BCUT2D eigenvalue weighted by atomic mass is 16.5. The number of hydrogen-bond donors (Lipinski definition) is 0. The molecule has 4 aromatic carbocycles. The van der Waals surface area contributed by atoms with Crippen molar-refractivity contribution in [2.45, 2.75) is 20.0 Å². The maximum atomic E-state index is 12.6. The third-order valence-corrected chi connectivity index (χ3v) is 6.22. The summed E-state index contributed by atoms with van der Waals surface area (Å²) in [5.74, 6) is -0.821. The summed E-state index contributed by atoms with van der Waals surface area (Å²) >= 11 is 0. The van der Waals surface area contributed by atoms with E-state index in [0.29, 0.717) is 6.42 Å². The van der Waals surface area contributed by atoms with Crippen LogP contribution in [0.1, 0.15) is 29.2 Å². The van der Waals surface area contributed by atoms with Gasteiger partial charge in [-0.1, -0.05) is 103 Å². The van der Waals surface area contributed by atoms with E-state index in [2.05, 4.69) is 42.5 Å². The van der Waals surface area contributed by atoms with E-state index < -0.39 is 11.9 Å². The Morgan fingerprint density at radius 1 is 0.703 bits per heavy atom. The lowest BCUT2D eigenvalue weighted by Crippen LogP contribution is -2.26. The second-order valence-corrected chi connectivity index (χ2v) is 8.89. The number of carbonyl (C=O) groups excluding carboxylic acids is 2. The Morgan fingerprint density at radius 2 is 1.24 bits per heavy atom. The first-order valence-corrected chi connectivity index (χ1v) is 12.2. The molecule has 186 valence electrons. The van der Waals surface area contributed by atoms with Gasteiger partial charge in [0.05, 0.1) is 7.11 Å². The van der Waals surface area contributed by atoms with Gasteiger partial charge in [0.1, 0.15) is 24.1 Å². The smallest absolute Gasteiger partial charge is 0.317 e. The number of Topliss-reactive ketones (excluding diaryl/α,β-unsaturated/α-hetero) is 1. The normalized spacial score (nSPS) is 11.7. The van der Waals surface area contributed by atoms with Crippen LogP contribution in [0.4, 0.5) is 0 Å². The topological polar surface area (TPSA) is 52.6 Å². The maximum absolute atomic E-state index is 12.6. The lowest BCUT2D eigenvalue weighted by atomic mass is 9.96. The zero-order valence-corrected chi connectivity index (χ0v) is 21.1. The Kier molecular flexibility index (Phi) is 8.66. The van der Waals surface area contributed by atoms with E-state index in [1.165, 1.54) is 18.1 Å². The fourth-order valence-corrected chi connectivity index (χ4v) is 3.98. The van der Waals surface area contributed by atoms with Gasteiger partial charge >= 0.3 is 5.97 Å². The summed E-state index contributed by atoms with van der Waals surface area (Å²) in [4.78, 5) is 24.8. The van der Waals surface area contributed by atoms with E-state index >= 15 is 0 Å². The van der Waals surface area contributed by atoms with E-state index in [4.69, 9.17) is 9.47 Å². The van der Waals surface area contributed by atoms with E-state index in [1.54, 1.807) is 7.11 Å². The Morgan fingerprint density at radius 3 is 1.81 bits per heavy atom. The van der Waals surface area contributed by atoms with E-state index in [9.17, 15) is 9.59 Å². The quantitative estimate of drug-likeness (QED) is 0.136. The Labute approximate surface area is 218 Å². The first-order chi connectivity index (χ1) is 18.0. The first-order valence-electron chi connectivity index (χ1n) is 12.2. The number of ether oxygens (including phenoxy) is 2. The monoisotopic (exact) mass is 490 g/mol. The van der Waals surface area contributed by atoms with Crippen molar-refractivity contribution in [1.82, 2.24) is 0 Å². The average Bonchev–Trinajstić information content (AvgIpc) is 2.95. The highest BCUT2D eigenvalue weighted by molar-refractivity contribution is 5.98. The largest absolute Gasteiger partial charge is 0.497 e. The standard InChI is InChI=1S/C33H30O4/c1-24(34)32(22-27-16-20-31(36-2)21-17-27)33(35)37-23-28-12-10-25(11-13-28)8-9-26-14-18-30(19-15-26)29-6-4-3-5-7-29/h3-21,32H,22-23H2,1-2H3/b9-8+. The molecule has 0 amide bonds. The van der Waals surface area contributed by atoms with Crippen LogP contribution in [-0.2, 0) is 27.4 Å². The van der Waals surface area contributed by atoms with E-state index in [0.717, 1.165) is 28.0 Å². The van der Waals surface area contributed by atoms with Gasteiger partial charge in [0.25, 0.3) is 0 Å². The minimum Gasteiger partial charge on any atom is -0.497 e. The number of ketones is 1. The van der Waals surface area contributed by atoms with Gasteiger partial charge in [-0.05, 0) is 58.9 Å². The minimum absolute atomic E-state index is 0.121. The van der Waals surface area contributed by atoms with Crippen LogP contribution in [0.25, 0.3) is 23.3 Å². The number of esters is 1. The number of hydrogen-bond acceptors (Lipinski definition) is 4. The van der Waals surface area contributed by atoms with Crippen LogP contribution in [-0.4, -0.2) is 18.9 Å². The highest BCUT2D eigenvalue weighted by Crippen LogP contribution is 2.21. The summed E-state index contributed by atoms with van der Waals surface area (Å²) in [6.07, 6.45) is 4.42. The van der Waals surface area contributed by atoms with Crippen molar-refractivity contribution in [2.75, 3.05) is 7.11 Å². The Bertz CT molecular complexity index is 1340. The molecule has 0 aliphatic rings. The zero-order valence-electron chi connectivity index (χ0n) is 21.1. The van der Waals surface area contributed by atoms with Gasteiger partial charge in [0.15, 0.2) is 0 Å². The molecule has 4 heteroatoms. The third kappa shape index (κ3) is 7.28. The van der Waals surface area contributed by atoms with Crippen molar-refractivity contribution in [1.29, 1.82) is 0 Å². The molecule has 0 aromatic heterocycles. The van der Waals surface area contributed by atoms with Gasteiger partial charge in [-0.15, -0.1) is 0 Å². The van der Waals surface area contributed by atoms with Crippen molar-refractivity contribution < 1.29 is 19.1 Å². The van der Waals surface area contributed by atoms with Gasteiger partial charge in [-0.25, -0.2) is 0 Å².